The topological polar surface area (TPSA) is 105 Å². The number of fused-ring (bicyclic) bond motifs is 3. The van der Waals surface area contributed by atoms with E-state index in [1.165, 1.54) is 6.92 Å². The average Bonchev–Trinajstić information content (AvgIpc) is 3.19. The Morgan fingerprint density at radius 1 is 0.886 bits per heavy atom. The Morgan fingerprint density at radius 3 is 2.06 bits per heavy atom. The Balaban J connectivity index is 1.24. The van der Waals surface area contributed by atoms with Crippen LogP contribution in [0.4, 0.5) is 4.79 Å². The van der Waals surface area contributed by atoms with Crippen LogP contribution in [0.5, 0.6) is 0 Å². The number of benzene rings is 3. The molecule has 0 saturated heterocycles. The van der Waals surface area contributed by atoms with Crippen molar-refractivity contribution in [2.24, 2.45) is 0 Å². The van der Waals surface area contributed by atoms with Crippen LogP contribution in [0, 0.1) is 0 Å². The van der Waals surface area contributed by atoms with Gasteiger partial charge in [0.2, 0.25) is 5.91 Å². The van der Waals surface area contributed by atoms with Gasteiger partial charge in [-0.25, -0.2) is 9.59 Å². The summed E-state index contributed by atoms with van der Waals surface area (Å²) in [5.41, 5.74) is 3.55. The molecule has 35 heavy (non-hydrogen) atoms. The van der Waals surface area contributed by atoms with E-state index in [1.807, 2.05) is 24.3 Å². The number of carboxylic acid groups (broad SMARTS) is 1. The van der Waals surface area contributed by atoms with Crippen LogP contribution in [0.15, 0.2) is 78.9 Å². The van der Waals surface area contributed by atoms with Gasteiger partial charge in [-0.2, -0.15) is 0 Å². The quantitative estimate of drug-likeness (QED) is 0.400. The van der Waals surface area contributed by atoms with Crippen molar-refractivity contribution in [3.8, 4) is 11.1 Å². The number of carbonyl (C=O) groups is 3. The summed E-state index contributed by atoms with van der Waals surface area (Å²) in [4.78, 5) is 36.5. The van der Waals surface area contributed by atoms with Crippen molar-refractivity contribution in [1.29, 1.82) is 0 Å². The lowest BCUT2D eigenvalue weighted by Crippen LogP contribution is -2.49. The number of rotatable bonds is 9. The second-order valence-electron chi connectivity index (χ2n) is 8.70. The van der Waals surface area contributed by atoms with Crippen molar-refractivity contribution < 1.29 is 24.2 Å². The van der Waals surface area contributed by atoms with E-state index < -0.39 is 23.5 Å². The lowest BCUT2D eigenvalue weighted by molar-refractivity contribution is -0.147. The summed E-state index contributed by atoms with van der Waals surface area (Å²) < 4.78 is 5.49. The molecule has 0 aromatic heterocycles. The number of carboxylic acids is 1. The van der Waals surface area contributed by atoms with E-state index in [2.05, 4.69) is 34.9 Å². The van der Waals surface area contributed by atoms with E-state index in [1.54, 1.807) is 30.3 Å². The van der Waals surface area contributed by atoms with Crippen LogP contribution in [0.2, 0.25) is 0 Å². The molecule has 1 atom stereocenters. The maximum atomic E-state index is 12.4. The standard InChI is InChI=1S/C28H28N2O5/c1-28(26(32)33,19-10-3-2-4-11-19)30-25(31)16-9-17-29-27(34)35-18-24-22-14-7-5-12-20(22)21-13-6-8-15-23(21)24/h2-8,10-15,24H,9,16-18H2,1H3,(H,29,34)(H,30,31)(H,32,33). The minimum Gasteiger partial charge on any atom is -0.479 e. The number of ether oxygens (including phenoxy) is 1. The Morgan fingerprint density at radius 2 is 1.46 bits per heavy atom. The maximum absolute atomic E-state index is 12.4. The zero-order valence-electron chi connectivity index (χ0n) is 19.5. The third-order valence-electron chi connectivity index (χ3n) is 6.36. The highest BCUT2D eigenvalue weighted by Gasteiger charge is 2.36. The minimum atomic E-state index is -1.53. The summed E-state index contributed by atoms with van der Waals surface area (Å²) in [5.74, 6) is -1.58. The van der Waals surface area contributed by atoms with Gasteiger partial charge in [-0.15, -0.1) is 0 Å². The van der Waals surface area contributed by atoms with Gasteiger partial charge in [-0.1, -0.05) is 78.9 Å². The molecule has 0 saturated carbocycles. The van der Waals surface area contributed by atoms with Crippen LogP contribution >= 0.6 is 0 Å². The molecule has 0 heterocycles. The van der Waals surface area contributed by atoms with Crippen molar-refractivity contribution >= 4 is 18.0 Å². The van der Waals surface area contributed by atoms with E-state index in [0.29, 0.717) is 12.0 Å². The molecule has 0 spiro atoms. The summed E-state index contributed by atoms with van der Waals surface area (Å²) in [7, 11) is 0. The number of amides is 2. The van der Waals surface area contributed by atoms with Crippen molar-refractivity contribution in [3.63, 3.8) is 0 Å². The van der Waals surface area contributed by atoms with Crippen LogP contribution < -0.4 is 10.6 Å². The minimum absolute atomic E-state index is 0.0226. The van der Waals surface area contributed by atoms with E-state index in [4.69, 9.17) is 4.74 Å². The van der Waals surface area contributed by atoms with Crippen molar-refractivity contribution in [2.45, 2.75) is 31.2 Å². The van der Waals surface area contributed by atoms with Gasteiger partial charge in [0.05, 0.1) is 0 Å². The summed E-state index contributed by atoms with van der Waals surface area (Å²) in [6, 6.07) is 24.8. The molecule has 3 aromatic rings. The summed E-state index contributed by atoms with van der Waals surface area (Å²) >= 11 is 0. The molecule has 4 rings (SSSR count). The van der Waals surface area contributed by atoms with Crippen molar-refractivity contribution in [2.75, 3.05) is 13.2 Å². The first kappa shape index (κ1) is 24.0. The van der Waals surface area contributed by atoms with Crippen molar-refractivity contribution in [3.05, 3.63) is 95.6 Å². The molecule has 3 N–H and O–H groups in total. The van der Waals surface area contributed by atoms with Crippen LogP contribution in [0.1, 0.15) is 42.4 Å². The van der Waals surface area contributed by atoms with Gasteiger partial charge < -0.3 is 20.5 Å². The van der Waals surface area contributed by atoms with E-state index in [-0.39, 0.29) is 25.5 Å². The Bertz CT molecular complexity index is 1180. The normalized spacial score (nSPS) is 13.7. The van der Waals surface area contributed by atoms with Gasteiger partial charge in [0.25, 0.3) is 0 Å². The number of nitrogens with one attached hydrogen (secondary N) is 2. The molecular formula is C28H28N2O5. The van der Waals surface area contributed by atoms with E-state index in [0.717, 1.165) is 22.3 Å². The Hall–Kier alpha value is -4.13. The molecule has 0 radical (unpaired) electrons. The number of carbonyl (C=O) groups excluding carboxylic acids is 2. The highest BCUT2D eigenvalue weighted by molar-refractivity contribution is 5.87. The third-order valence-corrected chi connectivity index (χ3v) is 6.36. The number of hydrogen-bond acceptors (Lipinski definition) is 4. The first-order valence-corrected chi connectivity index (χ1v) is 11.6. The second kappa shape index (κ2) is 10.4. The molecule has 1 aliphatic rings. The number of alkyl carbamates (subject to hydrolysis) is 1. The lowest BCUT2D eigenvalue weighted by atomic mass is 9.92. The lowest BCUT2D eigenvalue weighted by Gasteiger charge is -2.26. The van der Waals surface area contributed by atoms with Gasteiger partial charge >= 0.3 is 12.1 Å². The van der Waals surface area contributed by atoms with Gasteiger partial charge in [-0.3, -0.25) is 4.79 Å². The monoisotopic (exact) mass is 472 g/mol. The van der Waals surface area contributed by atoms with Gasteiger partial charge in [0, 0.05) is 18.9 Å². The molecule has 1 unspecified atom stereocenters. The molecule has 0 bridgehead atoms. The third kappa shape index (κ3) is 5.19. The van der Waals surface area contributed by atoms with Gasteiger partial charge in [-0.05, 0) is 41.2 Å². The Labute approximate surface area is 204 Å². The summed E-state index contributed by atoms with van der Waals surface area (Å²) in [5, 5.41) is 14.9. The highest BCUT2D eigenvalue weighted by atomic mass is 16.5. The molecule has 7 nitrogen and oxygen atoms in total. The largest absolute Gasteiger partial charge is 0.479 e. The van der Waals surface area contributed by atoms with Crippen molar-refractivity contribution in [1.82, 2.24) is 10.6 Å². The Kier molecular flexibility index (Phi) is 7.15. The average molecular weight is 473 g/mol. The SMILES string of the molecule is CC(NC(=O)CCCNC(=O)OCC1c2ccccc2-c2ccccc21)(C(=O)O)c1ccccc1. The highest BCUT2D eigenvalue weighted by Crippen LogP contribution is 2.44. The van der Waals surface area contributed by atoms with E-state index >= 15 is 0 Å². The zero-order chi connectivity index (χ0) is 24.8. The molecule has 180 valence electrons. The molecule has 0 fully saturated rings. The predicted octanol–water partition coefficient (Wildman–Crippen LogP) is 4.42. The first-order chi connectivity index (χ1) is 16.9. The fourth-order valence-electron chi connectivity index (χ4n) is 4.45. The second-order valence-corrected chi connectivity index (χ2v) is 8.70. The fourth-order valence-corrected chi connectivity index (χ4v) is 4.45. The van der Waals surface area contributed by atoms with Crippen LogP contribution in [-0.2, 0) is 19.9 Å². The number of aliphatic carboxylic acids is 1. The number of hydrogen-bond donors (Lipinski definition) is 3. The predicted molar refractivity (Wildman–Crippen MR) is 132 cm³/mol. The molecule has 3 aromatic carbocycles. The van der Waals surface area contributed by atoms with Gasteiger partial charge in [0.1, 0.15) is 6.61 Å². The van der Waals surface area contributed by atoms with Crippen LogP contribution in [0.25, 0.3) is 11.1 Å². The molecule has 7 heteroatoms. The molecule has 2 amide bonds. The molecule has 0 aliphatic heterocycles. The summed E-state index contributed by atoms with van der Waals surface area (Å²) in [6.07, 6.45) is -0.133. The first-order valence-electron chi connectivity index (χ1n) is 11.6. The fraction of sp³-hybridized carbons (Fsp3) is 0.250. The molecule has 1 aliphatic carbocycles. The summed E-state index contributed by atoms with van der Waals surface area (Å²) in [6.45, 7) is 1.91. The van der Waals surface area contributed by atoms with Crippen LogP contribution in [0.3, 0.4) is 0 Å². The molecular weight excluding hydrogens is 444 g/mol. The maximum Gasteiger partial charge on any atom is 0.407 e. The zero-order valence-corrected chi connectivity index (χ0v) is 19.5. The van der Waals surface area contributed by atoms with E-state index in [9.17, 15) is 19.5 Å². The van der Waals surface area contributed by atoms with Crippen LogP contribution in [-0.4, -0.2) is 36.2 Å². The van der Waals surface area contributed by atoms with Gasteiger partial charge in [0.15, 0.2) is 5.54 Å². The smallest absolute Gasteiger partial charge is 0.407 e.